The quantitative estimate of drug-likeness (QED) is 0.104. The molecule has 80 heavy (non-hydrogen) atoms. The van der Waals surface area contributed by atoms with Gasteiger partial charge in [-0.25, -0.2) is 0 Å². The minimum absolute atomic E-state index is 0.0287. The highest BCUT2D eigenvalue weighted by Gasteiger charge is 2.84. The third kappa shape index (κ3) is 6.37. The number of aliphatic hydroxyl groups excluding tert-OH is 5. The Morgan fingerprint density at radius 1 is 0.838 bits per heavy atom. The molecule has 13 nitrogen and oxygen atoms in total. The van der Waals surface area contributed by atoms with Gasteiger partial charge in [-0.15, -0.1) is 0 Å². The van der Waals surface area contributed by atoms with Crippen molar-refractivity contribution in [2.75, 3.05) is 24.8 Å². The van der Waals surface area contributed by atoms with Crippen LogP contribution in [0.15, 0.2) is 89.0 Å². The molecule has 2 aromatic rings. The summed E-state index contributed by atoms with van der Waals surface area (Å²) in [5.41, 5.74) is -1.38. The Kier molecular flexibility index (Phi) is 11.2. The van der Waals surface area contributed by atoms with Gasteiger partial charge in [0.15, 0.2) is 17.7 Å². The van der Waals surface area contributed by atoms with E-state index in [0.29, 0.717) is 54.5 Å². The summed E-state index contributed by atoms with van der Waals surface area (Å²) in [5, 5.41) is 83.4. The lowest BCUT2D eigenvalue weighted by Gasteiger charge is -2.72. The molecule has 11 aliphatic carbocycles. The number of rotatable bonds is 5. The number of hydrogen-bond donors (Lipinski definition) is 8. The summed E-state index contributed by atoms with van der Waals surface area (Å²) in [6.45, 7) is -0.219. The van der Waals surface area contributed by atoms with Gasteiger partial charge in [-0.1, -0.05) is 83.3 Å². The summed E-state index contributed by atoms with van der Waals surface area (Å²) in [6.07, 6.45) is 21.9. The molecule has 2 aromatic carbocycles. The Morgan fingerprint density at radius 2 is 1.65 bits per heavy atom. The molecule has 0 radical (unpaired) electrons. The molecule has 10 bridgehead atoms. The number of allylic oxidation sites excluding steroid dienone is 6. The molecule has 0 unspecified atom stereocenters. The van der Waals surface area contributed by atoms with E-state index in [2.05, 4.69) is 16.7 Å². The predicted octanol–water partition coefficient (Wildman–Crippen LogP) is 8.73. The van der Waals surface area contributed by atoms with Gasteiger partial charge in [0.2, 0.25) is 5.79 Å². The fourth-order valence-corrected chi connectivity index (χ4v) is 25.3. The first-order chi connectivity index (χ1) is 38.6. The zero-order chi connectivity index (χ0) is 54.6. The van der Waals surface area contributed by atoms with Gasteiger partial charge in [0.1, 0.15) is 40.5 Å². The molecule has 0 amide bonds. The summed E-state index contributed by atoms with van der Waals surface area (Å²) < 4.78 is 14.3. The number of aldehydes is 1. The van der Waals surface area contributed by atoms with Crippen LogP contribution in [-0.4, -0.2) is 102 Å². The predicted molar refractivity (Wildman–Crippen MR) is 301 cm³/mol. The highest BCUT2D eigenvalue weighted by atomic mass is 33.1. The number of carbonyl (C=O) groups excluding carboxylic acids is 3. The molecule has 15 heteroatoms. The van der Waals surface area contributed by atoms with Crippen LogP contribution in [0.4, 0.5) is 0 Å². The highest BCUT2D eigenvalue weighted by Crippen LogP contribution is 2.82. The van der Waals surface area contributed by atoms with Gasteiger partial charge in [-0.05, 0) is 188 Å². The topological polar surface area (TPSA) is 215 Å². The number of nitrogens with one attached hydrogen (secondary N) is 2. The van der Waals surface area contributed by atoms with Crippen LogP contribution in [0, 0.1) is 73.9 Å². The van der Waals surface area contributed by atoms with Gasteiger partial charge in [-0.2, -0.15) is 0 Å². The van der Waals surface area contributed by atoms with Crippen molar-refractivity contribution >= 4 is 39.4 Å². The summed E-state index contributed by atoms with van der Waals surface area (Å²) in [4.78, 5) is 45.3. The lowest BCUT2D eigenvalue weighted by atomic mass is 9.42. The Labute approximate surface area is 475 Å². The van der Waals surface area contributed by atoms with Crippen LogP contribution in [0.3, 0.4) is 0 Å². The number of Topliss-reactive ketones (excluding diaryl/α,β-unsaturated/α-hetero) is 2. The number of aliphatic hydroxyl groups is 6. The molecular formula is C65H76N2O11S2. The van der Waals surface area contributed by atoms with E-state index in [4.69, 9.17) is 9.47 Å². The van der Waals surface area contributed by atoms with Crippen LogP contribution >= 0.6 is 21.6 Å². The summed E-state index contributed by atoms with van der Waals surface area (Å²) in [6, 6.07) is 12.3. The van der Waals surface area contributed by atoms with Crippen molar-refractivity contribution in [2.24, 2.45) is 73.9 Å². The van der Waals surface area contributed by atoms with Crippen LogP contribution in [0.25, 0.3) is 0 Å². The average molecular weight is 1130 g/mol. The minimum atomic E-state index is -2.32. The minimum Gasteiger partial charge on any atom is -0.511 e. The van der Waals surface area contributed by atoms with Crippen molar-refractivity contribution in [1.29, 1.82) is 0 Å². The van der Waals surface area contributed by atoms with Crippen LogP contribution in [0.5, 0.6) is 5.75 Å². The zero-order valence-corrected chi connectivity index (χ0v) is 47.2. The fourth-order valence-electron chi connectivity index (χ4n) is 23.0. The number of ketones is 2. The fraction of sp³-hybridized carbons (Fsp3) is 0.646. The van der Waals surface area contributed by atoms with Crippen molar-refractivity contribution in [1.82, 2.24) is 10.6 Å². The molecule has 7 saturated carbocycles. The van der Waals surface area contributed by atoms with Gasteiger partial charge in [0, 0.05) is 41.5 Å². The number of fused-ring (bicyclic) bond motifs is 1. The van der Waals surface area contributed by atoms with Gasteiger partial charge in [0.25, 0.3) is 0 Å². The molecule has 424 valence electrons. The smallest absolute Gasteiger partial charge is 0.240 e. The molecule has 9 fully saturated rings. The molecule has 0 aromatic heterocycles. The lowest BCUT2D eigenvalue weighted by molar-refractivity contribution is -0.461. The van der Waals surface area contributed by atoms with Crippen LogP contribution in [-0.2, 0) is 22.6 Å². The summed E-state index contributed by atoms with van der Waals surface area (Å²) in [5.74, 6) is -4.62. The first-order valence-electron chi connectivity index (χ1n) is 30.3. The maximum absolute atomic E-state index is 15.9. The number of carbonyl (C=O) groups is 3. The Morgan fingerprint density at radius 3 is 2.48 bits per heavy atom. The molecule has 8 N–H and O–H groups in total. The Hall–Kier alpha value is -3.93. The normalized spacial score (nSPS) is 46.8. The van der Waals surface area contributed by atoms with Crippen molar-refractivity contribution in [3.05, 3.63) is 111 Å². The van der Waals surface area contributed by atoms with Gasteiger partial charge >= 0.3 is 0 Å². The monoisotopic (exact) mass is 1120 g/mol. The van der Waals surface area contributed by atoms with Gasteiger partial charge in [0.05, 0.1) is 36.4 Å². The Balaban J connectivity index is 0.839. The average Bonchev–Trinajstić information content (AvgIpc) is 4.37. The largest absolute Gasteiger partial charge is 0.511 e. The van der Waals surface area contributed by atoms with Crippen molar-refractivity contribution in [3.63, 3.8) is 0 Å². The zero-order valence-electron chi connectivity index (χ0n) is 45.6. The third-order valence-electron chi connectivity index (χ3n) is 25.7. The van der Waals surface area contributed by atoms with Crippen molar-refractivity contribution in [2.45, 2.75) is 158 Å². The number of hydrogen-bond acceptors (Lipinski definition) is 15. The van der Waals surface area contributed by atoms with E-state index in [-0.39, 0.29) is 81.7 Å². The second kappa shape index (κ2) is 17.4. The van der Waals surface area contributed by atoms with Crippen LogP contribution in [0.1, 0.15) is 147 Å². The number of ether oxygens (including phenoxy) is 2. The second-order valence-corrected chi connectivity index (χ2v) is 30.9. The van der Waals surface area contributed by atoms with E-state index in [1.165, 1.54) is 91.2 Å². The van der Waals surface area contributed by atoms with E-state index in [1.54, 1.807) is 30.4 Å². The van der Waals surface area contributed by atoms with Gasteiger partial charge in [-0.3, -0.25) is 9.59 Å². The highest BCUT2D eigenvalue weighted by molar-refractivity contribution is 8.76. The van der Waals surface area contributed by atoms with Crippen molar-refractivity contribution < 1.29 is 54.5 Å². The molecule has 17 atom stereocenters. The maximum Gasteiger partial charge on any atom is 0.240 e. The molecule has 15 aliphatic rings. The van der Waals surface area contributed by atoms with E-state index in [0.717, 1.165) is 54.6 Å². The second-order valence-electron chi connectivity index (χ2n) is 28.5. The van der Waals surface area contributed by atoms with E-state index in [1.807, 2.05) is 24.3 Å². The lowest BCUT2D eigenvalue weighted by Crippen LogP contribution is -2.88. The maximum atomic E-state index is 15.9. The summed E-state index contributed by atoms with van der Waals surface area (Å²) in [7, 11) is 2.90. The SMILES string of the molecule is O=C[C@@H]1C[C@@]2(CC[C@]3(CCCC34CCCC4)C2)C[C@]12C[C@H]1C[C@@H]3C[C@@H]4[C@@H]5[C@@]1(C2)C1=C3CNC(=C1)NCSSC[C@]12C(=O)c3c(cccc3C(=O)[C@H]1C=C(Cc1cccc(CO)c1)C=C2O)O[C@]12CC[C@@H]4[C@](CO)(O1)[C@@H](O)[C@]5(O)[C@H]2O. The van der Waals surface area contributed by atoms with E-state index >= 15 is 9.59 Å². The molecule has 4 heterocycles. The van der Waals surface area contributed by atoms with E-state index < -0.39 is 70.2 Å². The standard InChI is InChI=1S/C65H76N2O11S2/c68-28-37-7-3-6-36(18-37)19-38-20-47-52(72)42-8-4-9-48-51(42)54(73)62(47,49(71)21-38)34-79-80-35-67-50-24-46-44(27-66-50)39-22-40-26-58(30-57(25-41(58)29-69)16-17-60(31-57)14-5-13-59(60)11-1-2-12-59)32-61(40,46)53-43(23-39)45-10-15-64(77-48)56(75)65(53,76)55(74)63(45,33-70)78-64/h3-4,6-9,18,20-21,24,29,39-41,43,45,47,53,55-56,66-68,70-71,74-76H,1-2,5,10-17,19,22-23,25-28,30-35H2/t39-,40-,41+,43+,45+,47-,53-,55-,56+,57+,58+,60-,61-,62+,63+,64-,65+/m1/s1. The first-order valence-corrected chi connectivity index (χ1v) is 32.8. The Bertz CT molecular complexity index is 3180. The molecule has 4 aliphatic heterocycles. The molecule has 17 rings (SSSR count). The number of benzene rings is 2. The number of dihydropyridines is 1. The van der Waals surface area contributed by atoms with Crippen LogP contribution < -0.4 is 15.4 Å². The third-order valence-corrected chi connectivity index (χ3v) is 27.9. The van der Waals surface area contributed by atoms with E-state index in [9.17, 15) is 35.4 Å². The summed E-state index contributed by atoms with van der Waals surface area (Å²) >= 11 is 0. The molecule has 2 saturated heterocycles. The van der Waals surface area contributed by atoms with Crippen LogP contribution in [0.2, 0.25) is 0 Å². The first kappa shape index (κ1) is 51.7. The molecular weight excluding hydrogens is 1050 g/mol. The van der Waals surface area contributed by atoms with Gasteiger partial charge < -0.3 is 55.5 Å². The van der Waals surface area contributed by atoms with Crippen molar-refractivity contribution in [3.8, 4) is 5.75 Å². The molecule has 7 spiro atoms.